The summed E-state index contributed by atoms with van der Waals surface area (Å²) in [6, 6.07) is 14.0. The largest absolute Gasteiger partial charge is 0.366 e. The monoisotopic (exact) mass is 433 g/mol. The van der Waals surface area contributed by atoms with Crippen molar-refractivity contribution in [3.63, 3.8) is 0 Å². The molecule has 2 amide bonds. The summed E-state index contributed by atoms with van der Waals surface area (Å²) in [5, 5.41) is 4.11. The molecule has 2 aromatic carbocycles. The fraction of sp³-hybridized carbons (Fsp3) is 0.0526. The first kappa shape index (κ1) is 20.5. The van der Waals surface area contributed by atoms with Gasteiger partial charge in [-0.05, 0) is 47.8 Å². The number of nitrogens with one attached hydrogen (secondary N) is 1. The van der Waals surface area contributed by atoms with E-state index in [0.717, 1.165) is 21.7 Å². The molecule has 0 atom stereocenters. The summed E-state index contributed by atoms with van der Waals surface area (Å²) in [4.78, 5) is 23.6. The second-order valence-electron chi connectivity index (χ2n) is 5.88. The number of nitrogens with zero attached hydrogens (tertiary/aromatic N) is 1. The first-order valence-electron chi connectivity index (χ1n) is 8.29. The van der Waals surface area contributed by atoms with Gasteiger partial charge in [-0.15, -0.1) is 11.3 Å². The van der Waals surface area contributed by atoms with E-state index in [2.05, 4.69) is 5.32 Å². The van der Waals surface area contributed by atoms with Gasteiger partial charge in [0, 0.05) is 11.3 Å². The Morgan fingerprint density at radius 3 is 2.31 bits per heavy atom. The van der Waals surface area contributed by atoms with Crippen LogP contribution in [0.4, 0.5) is 15.8 Å². The highest BCUT2D eigenvalue weighted by molar-refractivity contribution is 7.94. The normalized spacial score (nSPS) is 11.1. The summed E-state index contributed by atoms with van der Waals surface area (Å²) in [5.74, 6) is -2.07. The van der Waals surface area contributed by atoms with Gasteiger partial charge in [-0.25, -0.2) is 12.8 Å². The van der Waals surface area contributed by atoms with Crippen molar-refractivity contribution in [3.05, 3.63) is 77.4 Å². The van der Waals surface area contributed by atoms with E-state index in [1.807, 2.05) is 0 Å². The van der Waals surface area contributed by atoms with Crippen molar-refractivity contribution in [2.75, 3.05) is 16.2 Å². The Bertz CT molecular complexity index is 1130. The summed E-state index contributed by atoms with van der Waals surface area (Å²) in [6.45, 7) is -0.640. The average molecular weight is 433 g/mol. The Labute approximate surface area is 170 Å². The molecular formula is C19H16FN3O4S2. The minimum Gasteiger partial charge on any atom is -0.366 e. The van der Waals surface area contributed by atoms with E-state index in [1.165, 1.54) is 48.5 Å². The van der Waals surface area contributed by atoms with Gasteiger partial charge in [0.15, 0.2) is 0 Å². The Morgan fingerprint density at radius 1 is 1.03 bits per heavy atom. The molecule has 29 heavy (non-hydrogen) atoms. The number of amides is 2. The van der Waals surface area contributed by atoms with E-state index in [4.69, 9.17) is 5.73 Å². The molecule has 0 aliphatic carbocycles. The standard InChI is InChI=1S/C19H16FN3O4S2/c20-15-4-1-2-5-16(15)23(29(26,27)18-6-3-11-28-18)12-17(24)22-14-9-7-13(8-10-14)19(21)25/h1-11H,12H2,(H2,21,25)(H,22,24). The van der Waals surface area contributed by atoms with Gasteiger partial charge in [-0.1, -0.05) is 18.2 Å². The Morgan fingerprint density at radius 2 is 1.72 bits per heavy atom. The van der Waals surface area contributed by atoms with Crippen LogP contribution >= 0.6 is 11.3 Å². The van der Waals surface area contributed by atoms with E-state index in [9.17, 15) is 22.4 Å². The third-order valence-corrected chi connectivity index (χ3v) is 7.03. The van der Waals surface area contributed by atoms with E-state index in [0.29, 0.717) is 5.69 Å². The van der Waals surface area contributed by atoms with Crippen molar-refractivity contribution in [1.29, 1.82) is 0 Å². The second-order valence-corrected chi connectivity index (χ2v) is 8.92. The number of benzene rings is 2. The van der Waals surface area contributed by atoms with Crippen molar-refractivity contribution in [2.45, 2.75) is 4.21 Å². The molecule has 3 aromatic rings. The molecule has 0 aliphatic heterocycles. The zero-order valence-electron chi connectivity index (χ0n) is 14.9. The molecule has 3 N–H and O–H groups in total. The highest BCUT2D eigenvalue weighted by Gasteiger charge is 2.29. The molecule has 0 aliphatic rings. The van der Waals surface area contributed by atoms with Gasteiger partial charge in [0.05, 0.1) is 5.69 Å². The van der Waals surface area contributed by atoms with Crippen LogP contribution in [0.25, 0.3) is 0 Å². The lowest BCUT2D eigenvalue weighted by atomic mass is 10.2. The predicted octanol–water partition coefficient (Wildman–Crippen LogP) is 2.82. The van der Waals surface area contributed by atoms with Crippen molar-refractivity contribution in [2.24, 2.45) is 5.73 Å². The molecule has 1 heterocycles. The molecule has 3 rings (SSSR count). The molecule has 0 saturated carbocycles. The molecule has 0 fully saturated rings. The predicted molar refractivity (Wildman–Crippen MR) is 109 cm³/mol. The molecule has 0 unspecified atom stereocenters. The van der Waals surface area contributed by atoms with Gasteiger partial charge in [-0.3, -0.25) is 13.9 Å². The van der Waals surface area contributed by atoms with Crippen LogP contribution in [-0.2, 0) is 14.8 Å². The molecule has 0 bridgehead atoms. The number of halogens is 1. The Balaban J connectivity index is 1.88. The smallest absolute Gasteiger partial charge is 0.274 e. The minimum atomic E-state index is -4.15. The molecule has 0 radical (unpaired) electrons. The van der Waals surface area contributed by atoms with Gasteiger partial charge in [0.1, 0.15) is 16.6 Å². The number of hydrogen-bond acceptors (Lipinski definition) is 5. The van der Waals surface area contributed by atoms with Crippen LogP contribution in [0.5, 0.6) is 0 Å². The molecule has 1 aromatic heterocycles. The van der Waals surface area contributed by atoms with Crippen molar-refractivity contribution < 1.29 is 22.4 Å². The number of primary amides is 1. The van der Waals surface area contributed by atoms with Crippen molar-refractivity contribution in [1.82, 2.24) is 0 Å². The van der Waals surface area contributed by atoms with Crippen LogP contribution in [0.1, 0.15) is 10.4 Å². The highest BCUT2D eigenvalue weighted by atomic mass is 32.2. The average Bonchev–Trinajstić information content (AvgIpc) is 3.23. The first-order chi connectivity index (χ1) is 13.8. The van der Waals surface area contributed by atoms with Crippen molar-refractivity contribution in [3.8, 4) is 0 Å². The fourth-order valence-electron chi connectivity index (χ4n) is 2.52. The van der Waals surface area contributed by atoms with Gasteiger partial charge >= 0.3 is 0 Å². The van der Waals surface area contributed by atoms with E-state index >= 15 is 0 Å². The molecular weight excluding hydrogens is 417 g/mol. The number of anilines is 2. The summed E-state index contributed by atoms with van der Waals surface area (Å²) in [7, 11) is -4.15. The molecule has 7 nitrogen and oxygen atoms in total. The Kier molecular flexibility index (Phi) is 5.95. The number of thiophene rings is 1. The number of carbonyl (C=O) groups is 2. The summed E-state index contributed by atoms with van der Waals surface area (Å²) >= 11 is 0.967. The maximum absolute atomic E-state index is 14.3. The van der Waals surface area contributed by atoms with E-state index in [1.54, 1.807) is 11.4 Å². The van der Waals surface area contributed by atoms with Crippen molar-refractivity contribution >= 4 is 44.5 Å². The zero-order chi connectivity index (χ0) is 21.0. The summed E-state index contributed by atoms with van der Waals surface area (Å²) in [6.07, 6.45) is 0. The fourth-order valence-corrected chi connectivity index (χ4v) is 5.05. The quantitative estimate of drug-likeness (QED) is 0.597. The molecule has 10 heteroatoms. The number of nitrogens with two attached hydrogens (primary N) is 1. The SMILES string of the molecule is NC(=O)c1ccc(NC(=O)CN(c2ccccc2F)S(=O)(=O)c2cccs2)cc1. The van der Waals surface area contributed by atoms with E-state index < -0.39 is 34.2 Å². The molecule has 0 spiro atoms. The van der Waals surface area contributed by atoms with Gasteiger partial charge in [-0.2, -0.15) is 0 Å². The first-order valence-corrected chi connectivity index (χ1v) is 10.6. The van der Waals surface area contributed by atoms with E-state index in [-0.39, 0.29) is 15.5 Å². The lowest BCUT2D eigenvalue weighted by Gasteiger charge is -2.23. The lowest BCUT2D eigenvalue weighted by Crippen LogP contribution is -2.38. The zero-order valence-corrected chi connectivity index (χ0v) is 16.5. The number of rotatable bonds is 7. The molecule has 0 saturated heterocycles. The maximum Gasteiger partial charge on any atom is 0.274 e. The van der Waals surface area contributed by atoms with Crippen LogP contribution in [0.2, 0.25) is 0 Å². The highest BCUT2D eigenvalue weighted by Crippen LogP contribution is 2.28. The van der Waals surface area contributed by atoms with Crippen LogP contribution in [0, 0.1) is 5.82 Å². The third kappa shape index (κ3) is 4.61. The van der Waals surface area contributed by atoms with Crippen LogP contribution in [-0.4, -0.2) is 26.8 Å². The van der Waals surface area contributed by atoms with Gasteiger partial charge in [0.25, 0.3) is 10.0 Å². The molecule has 150 valence electrons. The third-order valence-electron chi connectivity index (χ3n) is 3.90. The second kappa shape index (κ2) is 8.41. The maximum atomic E-state index is 14.3. The number of para-hydroxylation sites is 1. The Hall–Kier alpha value is -3.24. The minimum absolute atomic E-state index is 0.0145. The number of carbonyl (C=O) groups excluding carboxylic acids is 2. The number of hydrogen-bond donors (Lipinski definition) is 2. The van der Waals surface area contributed by atoms with Crippen LogP contribution in [0.15, 0.2) is 70.3 Å². The van der Waals surface area contributed by atoms with Crippen LogP contribution in [0.3, 0.4) is 0 Å². The van der Waals surface area contributed by atoms with Gasteiger partial charge < -0.3 is 11.1 Å². The lowest BCUT2D eigenvalue weighted by molar-refractivity contribution is -0.114. The summed E-state index contributed by atoms with van der Waals surface area (Å²) in [5.41, 5.74) is 5.53. The number of sulfonamides is 1. The van der Waals surface area contributed by atoms with Crippen LogP contribution < -0.4 is 15.4 Å². The topological polar surface area (TPSA) is 110 Å². The summed E-state index contributed by atoms with van der Waals surface area (Å²) < 4.78 is 41.0. The van der Waals surface area contributed by atoms with Gasteiger partial charge in [0.2, 0.25) is 11.8 Å².